The average Bonchev–Trinajstić information content (AvgIpc) is 2.05. The lowest BCUT2D eigenvalue weighted by Gasteiger charge is -2.12. The van der Waals surface area contributed by atoms with E-state index in [0.29, 0.717) is 0 Å². The largest absolute Gasteiger partial charge is 0.496 e. The summed E-state index contributed by atoms with van der Waals surface area (Å²) in [7, 11) is 5.60. The van der Waals surface area contributed by atoms with Crippen molar-refractivity contribution in [2.45, 2.75) is 0 Å². The maximum atomic E-state index is 5.02. The van der Waals surface area contributed by atoms with Gasteiger partial charge in [0.2, 0.25) is 0 Å². The van der Waals surface area contributed by atoms with Crippen molar-refractivity contribution in [2.75, 3.05) is 26.1 Å². The molecule has 0 saturated carbocycles. The zero-order valence-electron chi connectivity index (χ0n) is 7.09. The van der Waals surface area contributed by atoms with Crippen molar-refractivity contribution >= 4 is 5.69 Å². The molecule has 0 aliphatic rings. The molecule has 0 saturated heterocycles. The smallest absolute Gasteiger partial charge is 0.128 e. The van der Waals surface area contributed by atoms with Crippen molar-refractivity contribution < 1.29 is 4.74 Å². The minimum absolute atomic E-state index is 0.774. The van der Waals surface area contributed by atoms with Crippen LogP contribution in [-0.4, -0.2) is 21.2 Å². The highest BCUT2D eigenvalue weighted by Crippen LogP contribution is 2.17. The molecule has 11 heavy (non-hydrogen) atoms. The molecule has 2 heteroatoms. The van der Waals surface area contributed by atoms with Crippen LogP contribution in [0, 0.1) is 6.07 Å². The zero-order chi connectivity index (χ0) is 8.27. The lowest BCUT2D eigenvalue weighted by atomic mass is 10.3. The fraction of sp³-hybridized carbons (Fsp3) is 0.333. The summed E-state index contributed by atoms with van der Waals surface area (Å²) >= 11 is 0. The predicted octanol–water partition coefficient (Wildman–Crippen LogP) is 1.56. The number of anilines is 1. The number of benzene rings is 1. The van der Waals surface area contributed by atoms with Gasteiger partial charge in [-0.3, -0.25) is 0 Å². The van der Waals surface area contributed by atoms with Crippen LogP contribution in [0.3, 0.4) is 0 Å². The van der Waals surface area contributed by atoms with E-state index in [-0.39, 0.29) is 0 Å². The quantitative estimate of drug-likeness (QED) is 0.634. The molecule has 0 atom stereocenters. The third-order valence-corrected chi connectivity index (χ3v) is 1.45. The SMILES string of the molecule is COc1[c]c(N(C)C)ccc1. The third-order valence-electron chi connectivity index (χ3n) is 1.45. The van der Waals surface area contributed by atoms with Gasteiger partial charge in [-0.15, -0.1) is 0 Å². The molecule has 1 rings (SSSR count). The molecule has 1 aromatic rings. The van der Waals surface area contributed by atoms with E-state index in [1.165, 1.54) is 0 Å². The van der Waals surface area contributed by atoms with E-state index in [0.717, 1.165) is 11.4 Å². The highest BCUT2D eigenvalue weighted by molar-refractivity contribution is 5.47. The van der Waals surface area contributed by atoms with E-state index in [1.54, 1.807) is 7.11 Å². The Morgan fingerprint density at radius 2 is 2.09 bits per heavy atom. The van der Waals surface area contributed by atoms with Crippen molar-refractivity contribution in [1.82, 2.24) is 0 Å². The normalized spacial score (nSPS) is 9.36. The van der Waals surface area contributed by atoms with Crippen LogP contribution in [0.5, 0.6) is 5.75 Å². The molecule has 1 aromatic carbocycles. The van der Waals surface area contributed by atoms with Gasteiger partial charge in [-0.1, -0.05) is 6.07 Å². The fourth-order valence-corrected chi connectivity index (χ4v) is 0.816. The Kier molecular flexibility index (Phi) is 2.36. The van der Waals surface area contributed by atoms with Crippen molar-refractivity contribution in [2.24, 2.45) is 0 Å². The van der Waals surface area contributed by atoms with Crippen molar-refractivity contribution in [1.29, 1.82) is 0 Å². The molecule has 59 valence electrons. The van der Waals surface area contributed by atoms with Crippen LogP contribution in [0.2, 0.25) is 0 Å². The monoisotopic (exact) mass is 150 g/mol. The number of hydrogen-bond acceptors (Lipinski definition) is 2. The first kappa shape index (κ1) is 7.92. The lowest BCUT2D eigenvalue weighted by molar-refractivity contribution is 0.414. The standard InChI is InChI=1S/C9H12NO/c1-10(2)8-5-4-6-9(7-8)11-3/h4-6H,1-3H3. The molecular formula is C9H12NO. The van der Waals surface area contributed by atoms with E-state index in [4.69, 9.17) is 4.74 Å². The van der Waals surface area contributed by atoms with Crippen LogP contribution in [-0.2, 0) is 0 Å². The van der Waals surface area contributed by atoms with E-state index < -0.39 is 0 Å². The number of nitrogens with zero attached hydrogens (tertiary/aromatic N) is 1. The van der Waals surface area contributed by atoms with Crippen LogP contribution in [0.4, 0.5) is 5.69 Å². The van der Waals surface area contributed by atoms with E-state index in [1.807, 2.05) is 37.2 Å². The molecule has 0 amide bonds. The number of hydrogen-bond donors (Lipinski definition) is 0. The Hall–Kier alpha value is -1.18. The Morgan fingerprint density at radius 1 is 1.36 bits per heavy atom. The van der Waals surface area contributed by atoms with E-state index in [2.05, 4.69) is 6.07 Å². The molecule has 0 aromatic heterocycles. The Morgan fingerprint density at radius 3 is 2.64 bits per heavy atom. The van der Waals surface area contributed by atoms with Gasteiger partial charge >= 0.3 is 0 Å². The first-order valence-corrected chi connectivity index (χ1v) is 3.47. The number of rotatable bonds is 2. The van der Waals surface area contributed by atoms with Crippen LogP contribution in [0.1, 0.15) is 0 Å². The highest BCUT2D eigenvalue weighted by Gasteiger charge is 1.96. The minimum Gasteiger partial charge on any atom is -0.496 e. The van der Waals surface area contributed by atoms with Crippen molar-refractivity contribution in [3.8, 4) is 5.75 Å². The maximum Gasteiger partial charge on any atom is 0.128 e. The molecule has 0 heterocycles. The second-order valence-electron chi connectivity index (χ2n) is 2.50. The molecule has 1 radical (unpaired) electrons. The predicted molar refractivity (Wildman–Crippen MR) is 46.2 cm³/mol. The van der Waals surface area contributed by atoms with Gasteiger partial charge in [0.25, 0.3) is 0 Å². The number of methoxy groups -OCH3 is 1. The topological polar surface area (TPSA) is 12.5 Å². The molecule has 0 aliphatic carbocycles. The van der Waals surface area contributed by atoms with Crippen LogP contribution in [0.25, 0.3) is 0 Å². The molecule has 2 nitrogen and oxygen atoms in total. The van der Waals surface area contributed by atoms with Crippen LogP contribution in [0.15, 0.2) is 18.2 Å². The van der Waals surface area contributed by atoms with Gasteiger partial charge in [0, 0.05) is 19.8 Å². The van der Waals surface area contributed by atoms with Gasteiger partial charge in [-0.05, 0) is 12.1 Å². The van der Waals surface area contributed by atoms with Gasteiger partial charge < -0.3 is 9.64 Å². The van der Waals surface area contributed by atoms with Gasteiger partial charge in [0.1, 0.15) is 5.75 Å². The summed E-state index contributed by atoms with van der Waals surface area (Å²) in [4.78, 5) is 1.99. The summed E-state index contributed by atoms with van der Waals surface area (Å²) in [6, 6.07) is 8.92. The third kappa shape index (κ3) is 1.87. The molecule has 0 N–H and O–H groups in total. The fourth-order valence-electron chi connectivity index (χ4n) is 0.816. The average molecular weight is 150 g/mol. The zero-order valence-corrected chi connectivity index (χ0v) is 7.09. The summed E-state index contributed by atoms with van der Waals surface area (Å²) in [6.45, 7) is 0. The van der Waals surface area contributed by atoms with Gasteiger partial charge in [0.15, 0.2) is 0 Å². The first-order valence-electron chi connectivity index (χ1n) is 3.47. The summed E-state index contributed by atoms with van der Waals surface area (Å²) < 4.78 is 5.02. The van der Waals surface area contributed by atoms with Gasteiger partial charge in [0.05, 0.1) is 13.2 Å². The molecule has 0 bridgehead atoms. The summed E-state index contributed by atoms with van der Waals surface area (Å²) in [6.07, 6.45) is 0. The lowest BCUT2D eigenvalue weighted by Crippen LogP contribution is -2.08. The first-order chi connectivity index (χ1) is 5.24. The highest BCUT2D eigenvalue weighted by atomic mass is 16.5. The van der Waals surface area contributed by atoms with Crippen molar-refractivity contribution in [3.63, 3.8) is 0 Å². The van der Waals surface area contributed by atoms with E-state index in [9.17, 15) is 0 Å². The van der Waals surface area contributed by atoms with Gasteiger partial charge in [-0.2, -0.15) is 0 Å². The molecule has 0 aliphatic heterocycles. The summed E-state index contributed by atoms with van der Waals surface area (Å²) in [5.41, 5.74) is 1.03. The molecule has 0 fully saturated rings. The van der Waals surface area contributed by atoms with Crippen LogP contribution < -0.4 is 9.64 Å². The molecule has 0 unspecified atom stereocenters. The molecule has 0 spiro atoms. The maximum absolute atomic E-state index is 5.02. The second-order valence-corrected chi connectivity index (χ2v) is 2.50. The Labute approximate surface area is 67.4 Å². The minimum atomic E-state index is 0.774. The van der Waals surface area contributed by atoms with Crippen LogP contribution >= 0.6 is 0 Å². The second kappa shape index (κ2) is 3.28. The molecular weight excluding hydrogens is 138 g/mol. The summed E-state index contributed by atoms with van der Waals surface area (Å²) in [5, 5.41) is 0. The Balaban J connectivity index is 2.91. The van der Waals surface area contributed by atoms with E-state index >= 15 is 0 Å². The summed E-state index contributed by atoms with van der Waals surface area (Å²) in [5.74, 6) is 0.774. The van der Waals surface area contributed by atoms with Crippen molar-refractivity contribution in [3.05, 3.63) is 24.3 Å². The Bertz CT molecular complexity index is 233. The number of ether oxygens (including phenoxy) is 1. The van der Waals surface area contributed by atoms with Gasteiger partial charge in [-0.25, -0.2) is 0 Å².